The summed E-state index contributed by atoms with van der Waals surface area (Å²) in [6.45, 7) is 2.47. The smallest absolute Gasteiger partial charge is 0.277 e. The second kappa shape index (κ2) is 5.21. The lowest BCUT2D eigenvalue weighted by Crippen LogP contribution is -2.19. The number of rotatable bonds is 3. The van der Waals surface area contributed by atoms with Crippen molar-refractivity contribution < 1.29 is 4.79 Å². The summed E-state index contributed by atoms with van der Waals surface area (Å²) in [6, 6.07) is 7.68. The molecule has 0 saturated heterocycles. The van der Waals surface area contributed by atoms with Gasteiger partial charge in [-0.15, -0.1) is 0 Å². The number of amides is 1. The SMILES string of the molecule is CCn1ncc(Cl)c1C(=O)Nc1nc2ccccc2n1C. The minimum Gasteiger partial charge on any atom is -0.313 e. The van der Waals surface area contributed by atoms with E-state index < -0.39 is 0 Å². The first-order valence-corrected chi connectivity index (χ1v) is 6.93. The first kappa shape index (κ1) is 13.6. The van der Waals surface area contributed by atoms with Crippen molar-refractivity contribution in [3.05, 3.63) is 41.2 Å². The fourth-order valence-corrected chi connectivity index (χ4v) is 2.47. The Kier molecular flexibility index (Phi) is 3.39. The summed E-state index contributed by atoms with van der Waals surface area (Å²) in [4.78, 5) is 16.8. The molecule has 6 nitrogen and oxygen atoms in total. The van der Waals surface area contributed by atoms with E-state index in [2.05, 4.69) is 15.4 Å². The number of aryl methyl sites for hydroxylation is 2. The van der Waals surface area contributed by atoms with E-state index in [1.807, 2.05) is 42.8 Å². The molecule has 3 rings (SSSR count). The van der Waals surface area contributed by atoms with E-state index in [0.29, 0.717) is 23.2 Å². The molecule has 0 radical (unpaired) electrons. The van der Waals surface area contributed by atoms with E-state index in [4.69, 9.17) is 11.6 Å². The van der Waals surface area contributed by atoms with Gasteiger partial charge in [0.05, 0.1) is 22.3 Å². The van der Waals surface area contributed by atoms with E-state index in [1.165, 1.54) is 6.20 Å². The van der Waals surface area contributed by atoms with Crippen LogP contribution < -0.4 is 5.32 Å². The Morgan fingerprint density at radius 2 is 2.14 bits per heavy atom. The van der Waals surface area contributed by atoms with Gasteiger partial charge in [0.2, 0.25) is 5.95 Å². The molecule has 2 heterocycles. The molecule has 0 aliphatic rings. The molecule has 1 amide bonds. The molecule has 0 atom stereocenters. The van der Waals surface area contributed by atoms with Gasteiger partial charge in [0.15, 0.2) is 0 Å². The van der Waals surface area contributed by atoms with Crippen molar-refractivity contribution in [2.45, 2.75) is 13.5 Å². The number of para-hydroxylation sites is 2. The highest BCUT2D eigenvalue weighted by Crippen LogP contribution is 2.20. The predicted octanol–water partition coefficient (Wildman–Crippen LogP) is 2.70. The molecule has 108 valence electrons. The zero-order chi connectivity index (χ0) is 15.0. The van der Waals surface area contributed by atoms with Crippen molar-refractivity contribution in [2.24, 2.45) is 7.05 Å². The number of halogens is 1. The van der Waals surface area contributed by atoms with E-state index in [1.54, 1.807) is 4.68 Å². The van der Waals surface area contributed by atoms with Gasteiger partial charge < -0.3 is 4.57 Å². The van der Waals surface area contributed by atoms with Crippen molar-refractivity contribution >= 4 is 34.5 Å². The number of hydrogen-bond donors (Lipinski definition) is 1. The van der Waals surface area contributed by atoms with Crippen LogP contribution in [0.15, 0.2) is 30.5 Å². The second-order valence-electron chi connectivity index (χ2n) is 4.59. The highest BCUT2D eigenvalue weighted by Gasteiger charge is 2.19. The summed E-state index contributed by atoms with van der Waals surface area (Å²) in [6.07, 6.45) is 1.47. The number of carbonyl (C=O) groups is 1. The standard InChI is InChI=1S/C14H14ClN5O/c1-3-20-12(9(15)8-16-20)13(21)18-14-17-10-6-4-5-7-11(10)19(14)2/h4-8H,3H2,1-2H3,(H,17,18,21). The summed E-state index contributed by atoms with van der Waals surface area (Å²) < 4.78 is 3.38. The lowest BCUT2D eigenvalue weighted by atomic mass is 10.3. The lowest BCUT2D eigenvalue weighted by molar-refractivity contribution is 0.101. The van der Waals surface area contributed by atoms with Gasteiger partial charge in [0.25, 0.3) is 5.91 Å². The molecular formula is C14H14ClN5O. The average Bonchev–Trinajstić information content (AvgIpc) is 3.00. The third-order valence-corrected chi connectivity index (χ3v) is 3.60. The molecule has 0 aliphatic heterocycles. The third kappa shape index (κ3) is 2.27. The van der Waals surface area contributed by atoms with Crippen molar-refractivity contribution in [1.29, 1.82) is 0 Å². The maximum atomic E-state index is 12.4. The molecule has 0 fully saturated rings. The maximum Gasteiger partial charge on any atom is 0.277 e. The van der Waals surface area contributed by atoms with Gasteiger partial charge in [-0.25, -0.2) is 4.98 Å². The zero-order valence-electron chi connectivity index (χ0n) is 11.7. The molecule has 7 heteroatoms. The van der Waals surface area contributed by atoms with Gasteiger partial charge in [0, 0.05) is 13.6 Å². The van der Waals surface area contributed by atoms with Crippen LogP contribution in [0.1, 0.15) is 17.4 Å². The minimum absolute atomic E-state index is 0.322. The van der Waals surface area contributed by atoms with Crippen LogP contribution in [0.25, 0.3) is 11.0 Å². The quantitative estimate of drug-likeness (QED) is 0.809. The first-order chi connectivity index (χ1) is 10.1. The van der Waals surface area contributed by atoms with Crippen molar-refractivity contribution in [1.82, 2.24) is 19.3 Å². The number of anilines is 1. The van der Waals surface area contributed by atoms with Crippen LogP contribution in [0.2, 0.25) is 5.02 Å². The predicted molar refractivity (Wildman–Crippen MR) is 81.6 cm³/mol. The normalized spacial score (nSPS) is 11.0. The van der Waals surface area contributed by atoms with E-state index in [0.717, 1.165) is 11.0 Å². The van der Waals surface area contributed by atoms with Crippen LogP contribution in [0, 0.1) is 0 Å². The summed E-state index contributed by atoms with van der Waals surface area (Å²) in [7, 11) is 1.85. The number of benzene rings is 1. The zero-order valence-corrected chi connectivity index (χ0v) is 12.4. The van der Waals surface area contributed by atoms with Crippen molar-refractivity contribution in [2.75, 3.05) is 5.32 Å². The van der Waals surface area contributed by atoms with Gasteiger partial charge in [-0.3, -0.25) is 14.8 Å². The molecule has 2 aromatic heterocycles. The van der Waals surface area contributed by atoms with Crippen LogP contribution >= 0.6 is 11.6 Å². The fraction of sp³-hybridized carbons (Fsp3) is 0.214. The Balaban J connectivity index is 1.96. The summed E-state index contributed by atoms with van der Waals surface area (Å²) in [5.74, 6) is 0.152. The minimum atomic E-state index is -0.322. The maximum absolute atomic E-state index is 12.4. The van der Waals surface area contributed by atoms with Crippen LogP contribution in [-0.2, 0) is 13.6 Å². The molecule has 0 bridgehead atoms. The van der Waals surface area contributed by atoms with Gasteiger partial charge in [-0.1, -0.05) is 23.7 Å². The number of fused-ring (bicyclic) bond motifs is 1. The Hall–Kier alpha value is -2.34. The molecule has 1 aromatic carbocycles. The van der Waals surface area contributed by atoms with E-state index in [-0.39, 0.29) is 5.91 Å². The van der Waals surface area contributed by atoms with Crippen molar-refractivity contribution in [3.8, 4) is 0 Å². The monoisotopic (exact) mass is 303 g/mol. The molecule has 0 unspecified atom stereocenters. The van der Waals surface area contributed by atoms with Gasteiger partial charge in [-0.05, 0) is 19.1 Å². The molecular weight excluding hydrogens is 290 g/mol. The topological polar surface area (TPSA) is 64.7 Å². The van der Waals surface area contributed by atoms with Crippen LogP contribution in [-0.4, -0.2) is 25.2 Å². The molecule has 3 aromatic rings. The summed E-state index contributed by atoms with van der Waals surface area (Å²) in [5.41, 5.74) is 2.11. The highest BCUT2D eigenvalue weighted by molar-refractivity contribution is 6.34. The summed E-state index contributed by atoms with van der Waals surface area (Å²) >= 11 is 6.03. The number of nitrogens with zero attached hydrogens (tertiary/aromatic N) is 4. The number of aromatic nitrogens is 4. The largest absolute Gasteiger partial charge is 0.313 e. The first-order valence-electron chi connectivity index (χ1n) is 6.56. The third-order valence-electron chi connectivity index (χ3n) is 3.32. The molecule has 0 aliphatic carbocycles. The van der Waals surface area contributed by atoms with Gasteiger partial charge in [-0.2, -0.15) is 5.10 Å². The number of hydrogen-bond acceptors (Lipinski definition) is 3. The Morgan fingerprint density at radius 1 is 1.38 bits per heavy atom. The average molecular weight is 304 g/mol. The van der Waals surface area contributed by atoms with Gasteiger partial charge in [0.1, 0.15) is 5.69 Å². The summed E-state index contributed by atoms with van der Waals surface area (Å²) in [5, 5.41) is 7.17. The molecule has 21 heavy (non-hydrogen) atoms. The van der Waals surface area contributed by atoms with Crippen LogP contribution in [0.4, 0.5) is 5.95 Å². The van der Waals surface area contributed by atoms with E-state index in [9.17, 15) is 4.79 Å². The lowest BCUT2D eigenvalue weighted by Gasteiger charge is -2.07. The van der Waals surface area contributed by atoms with Gasteiger partial charge >= 0.3 is 0 Å². The molecule has 0 spiro atoms. The van der Waals surface area contributed by atoms with Crippen LogP contribution in [0.3, 0.4) is 0 Å². The van der Waals surface area contributed by atoms with Crippen molar-refractivity contribution in [3.63, 3.8) is 0 Å². The Bertz CT molecular complexity index is 820. The highest BCUT2D eigenvalue weighted by atomic mass is 35.5. The van der Waals surface area contributed by atoms with Crippen LogP contribution in [0.5, 0.6) is 0 Å². The number of carbonyl (C=O) groups excluding carboxylic acids is 1. The Morgan fingerprint density at radius 3 is 2.86 bits per heavy atom. The number of nitrogens with one attached hydrogen (secondary N) is 1. The number of imidazole rings is 1. The molecule has 1 N–H and O–H groups in total. The van der Waals surface area contributed by atoms with E-state index >= 15 is 0 Å². The Labute approximate surface area is 126 Å². The second-order valence-corrected chi connectivity index (χ2v) is 5.00. The molecule has 0 saturated carbocycles. The fourth-order valence-electron chi connectivity index (χ4n) is 2.25.